The minimum atomic E-state index is 0.848. The van der Waals surface area contributed by atoms with Gasteiger partial charge in [-0.05, 0) is 12.1 Å². The molecular weight excluding hydrogens is 176 g/mol. The van der Waals surface area contributed by atoms with Crippen LogP contribution in [0.4, 0.5) is 11.5 Å². The number of allylic oxidation sites excluding steroid dienone is 1. The van der Waals surface area contributed by atoms with Crippen LogP contribution < -0.4 is 9.80 Å². The molecule has 1 aliphatic heterocycles. The molecule has 0 bridgehead atoms. The first-order valence-electron chi connectivity index (χ1n) is 4.28. The zero-order chi connectivity index (χ0) is 10.1. The van der Waals surface area contributed by atoms with Gasteiger partial charge < -0.3 is 9.80 Å². The molecule has 0 unspecified atom stereocenters. The lowest BCUT2D eigenvalue weighted by Gasteiger charge is -2.15. The molecule has 0 saturated carbocycles. The molecule has 4 heteroatoms. The molecule has 70 valence electrons. The van der Waals surface area contributed by atoms with Crippen molar-refractivity contribution in [2.45, 2.75) is 0 Å². The van der Waals surface area contributed by atoms with Crippen molar-refractivity contribution in [3.05, 3.63) is 30.2 Å². The molecule has 0 radical (unpaired) electrons. The standard InChI is InChI=1S/C10H10N4/c1-13-8-4-3-7-12-10(8)14(2)9(13)5-6-11/h3-5,7H,1-2H3/b9-5-. The number of hydrogen-bond acceptors (Lipinski definition) is 4. The average Bonchev–Trinajstić information content (AvgIpc) is 2.45. The van der Waals surface area contributed by atoms with Crippen LogP contribution in [0.3, 0.4) is 0 Å². The van der Waals surface area contributed by atoms with Crippen molar-refractivity contribution in [3.8, 4) is 6.07 Å². The molecule has 0 aliphatic carbocycles. The van der Waals surface area contributed by atoms with Crippen molar-refractivity contribution >= 4 is 11.5 Å². The Hall–Kier alpha value is -2.02. The van der Waals surface area contributed by atoms with E-state index in [0.29, 0.717) is 0 Å². The highest BCUT2D eigenvalue weighted by molar-refractivity contribution is 5.78. The molecule has 2 heterocycles. The molecule has 14 heavy (non-hydrogen) atoms. The quantitative estimate of drug-likeness (QED) is 0.573. The van der Waals surface area contributed by atoms with E-state index in [1.54, 1.807) is 6.20 Å². The summed E-state index contributed by atoms with van der Waals surface area (Å²) in [5, 5.41) is 8.64. The highest BCUT2D eigenvalue weighted by Crippen LogP contribution is 2.36. The second-order valence-electron chi connectivity index (χ2n) is 3.10. The summed E-state index contributed by atoms with van der Waals surface area (Å²) < 4.78 is 0. The van der Waals surface area contributed by atoms with Crippen LogP contribution >= 0.6 is 0 Å². The second-order valence-corrected chi connectivity index (χ2v) is 3.10. The largest absolute Gasteiger partial charge is 0.327 e. The predicted octanol–water partition coefficient (Wildman–Crippen LogP) is 1.33. The Labute approximate surface area is 82.7 Å². The number of pyridine rings is 1. The van der Waals surface area contributed by atoms with E-state index in [9.17, 15) is 0 Å². The van der Waals surface area contributed by atoms with E-state index >= 15 is 0 Å². The van der Waals surface area contributed by atoms with Crippen LogP contribution in [-0.2, 0) is 0 Å². The van der Waals surface area contributed by atoms with E-state index in [4.69, 9.17) is 5.26 Å². The number of rotatable bonds is 0. The van der Waals surface area contributed by atoms with Crippen molar-refractivity contribution < 1.29 is 0 Å². The maximum absolute atomic E-state index is 8.64. The Bertz CT molecular complexity index is 399. The molecule has 0 saturated heterocycles. The van der Waals surface area contributed by atoms with E-state index in [0.717, 1.165) is 17.3 Å². The van der Waals surface area contributed by atoms with Crippen LogP contribution in [0.25, 0.3) is 0 Å². The van der Waals surface area contributed by atoms with Gasteiger partial charge in [-0.1, -0.05) is 0 Å². The minimum absolute atomic E-state index is 0.848. The van der Waals surface area contributed by atoms with Crippen molar-refractivity contribution in [2.75, 3.05) is 23.9 Å². The molecule has 2 rings (SSSR count). The van der Waals surface area contributed by atoms with Gasteiger partial charge in [0.2, 0.25) is 0 Å². The molecule has 0 fully saturated rings. The van der Waals surface area contributed by atoms with Crippen molar-refractivity contribution in [1.82, 2.24) is 4.98 Å². The van der Waals surface area contributed by atoms with Gasteiger partial charge in [0, 0.05) is 20.3 Å². The van der Waals surface area contributed by atoms with Gasteiger partial charge in [0.1, 0.15) is 5.82 Å². The number of fused-ring (bicyclic) bond motifs is 1. The molecule has 0 atom stereocenters. The number of hydrogen-bond donors (Lipinski definition) is 0. The van der Waals surface area contributed by atoms with Crippen LogP contribution in [0.2, 0.25) is 0 Å². The number of nitriles is 1. The fraction of sp³-hybridized carbons (Fsp3) is 0.200. The summed E-state index contributed by atoms with van der Waals surface area (Å²) in [4.78, 5) is 8.11. The topological polar surface area (TPSA) is 43.2 Å². The number of aromatic nitrogens is 1. The van der Waals surface area contributed by atoms with Gasteiger partial charge in [-0.15, -0.1) is 0 Å². The van der Waals surface area contributed by atoms with Gasteiger partial charge in [-0.3, -0.25) is 0 Å². The van der Waals surface area contributed by atoms with Crippen molar-refractivity contribution in [3.63, 3.8) is 0 Å². The van der Waals surface area contributed by atoms with Gasteiger partial charge in [0.25, 0.3) is 0 Å². The number of anilines is 2. The first-order valence-corrected chi connectivity index (χ1v) is 4.28. The molecule has 0 amide bonds. The summed E-state index contributed by atoms with van der Waals surface area (Å²) in [7, 11) is 3.83. The second kappa shape index (κ2) is 3.04. The Morgan fingerprint density at radius 1 is 1.43 bits per heavy atom. The molecule has 4 nitrogen and oxygen atoms in total. The van der Waals surface area contributed by atoms with Gasteiger partial charge in [-0.2, -0.15) is 5.26 Å². The van der Waals surface area contributed by atoms with Crippen LogP contribution in [0.1, 0.15) is 0 Å². The van der Waals surface area contributed by atoms with Gasteiger partial charge in [0.15, 0.2) is 5.82 Å². The lowest BCUT2D eigenvalue weighted by Crippen LogP contribution is -2.21. The summed E-state index contributed by atoms with van der Waals surface area (Å²) in [5.41, 5.74) is 1.02. The zero-order valence-electron chi connectivity index (χ0n) is 8.10. The van der Waals surface area contributed by atoms with Crippen LogP contribution in [-0.4, -0.2) is 19.1 Å². The summed E-state index contributed by atoms with van der Waals surface area (Å²) >= 11 is 0. The predicted molar refractivity (Wildman–Crippen MR) is 54.7 cm³/mol. The molecule has 1 aromatic heterocycles. The van der Waals surface area contributed by atoms with E-state index in [-0.39, 0.29) is 0 Å². The van der Waals surface area contributed by atoms with Gasteiger partial charge in [-0.25, -0.2) is 4.98 Å². The molecular formula is C10H10N4. The summed E-state index contributed by atoms with van der Waals surface area (Å²) in [6.07, 6.45) is 3.26. The number of nitrogens with zero attached hydrogens (tertiary/aromatic N) is 4. The fourth-order valence-corrected chi connectivity index (χ4v) is 1.62. The maximum atomic E-state index is 8.64. The summed E-state index contributed by atoms with van der Waals surface area (Å²) in [5.74, 6) is 1.73. The molecule has 0 N–H and O–H groups in total. The minimum Gasteiger partial charge on any atom is -0.327 e. The van der Waals surface area contributed by atoms with Gasteiger partial charge in [0.05, 0.1) is 17.8 Å². The van der Waals surface area contributed by atoms with Crippen LogP contribution in [0, 0.1) is 11.3 Å². The van der Waals surface area contributed by atoms with E-state index < -0.39 is 0 Å². The molecule has 0 aromatic carbocycles. The molecule has 0 spiro atoms. The molecule has 1 aliphatic rings. The lowest BCUT2D eigenvalue weighted by molar-refractivity contribution is 1.04. The van der Waals surface area contributed by atoms with E-state index in [1.165, 1.54) is 6.08 Å². The van der Waals surface area contributed by atoms with Crippen LogP contribution in [0.5, 0.6) is 0 Å². The van der Waals surface area contributed by atoms with Crippen molar-refractivity contribution in [2.24, 2.45) is 0 Å². The highest BCUT2D eigenvalue weighted by Gasteiger charge is 2.26. The normalized spacial score (nSPS) is 17.1. The Morgan fingerprint density at radius 2 is 2.21 bits per heavy atom. The lowest BCUT2D eigenvalue weighted by atomic mass is 10.4. The first-order chi connectivity index (χ1) is 6.75. The molecule has 1 aromatic rings. The maximum Gasteiger partial charge on any atom is 0.157 e. The Balaban J connectivity index is 2.55. The third-order valence-electron chi connectivity index (χ3n) is 2.33. The monoisotopic (exact) mass is 186 g/mol. The highest BCUT2D eigenvalue weighted by atomic mass is 15.4. The average molecular weight is 186 g/mol. The third kappa shape index (κ3) is 1.03. The summed E-state index contributed by atoms with van der Waals surface area (Å²) in [6.45, 7) is 0. The van der Waals surface area contributed by atoms with Crippen molar-refractivity contribution in [1.29, 1.82) is 5.26 Å². The summed E-state index contributed by atoms with van der Waals surface area (Å²) in [6, 6.07) is 5.90. The van der Waals surface area contributed by atoms with E-state index in [2.05, 4.69) is 4.98 Å². The smallest absolute Gasteiger partial charge is 0.157 e. The SMILES string of the molecule is CN1/C(=C/C#N)N(C)c2ncccc21. The Morgan fingerprint density at radius 3 is 2.86 bits per heavy atom. The fourth-order valence-electron chi connectivity index (χ4n) is 1.62. The Kier molecular flexibility index (Phi) is 1.86. The zero-order valence-corrected chi connectivity index (χ0v) is 8.10. The third-order valence-corrected chi connectivity index (χ3v) is 2.33. The van der Waals surface area contributed by atoms with Gasteiger partial charge >= 0.3 is 0 Å². The van der Waals surface area contributed by atoms with E-state index in [1.807, 2.05) is 42.1 Å². The van der Waals surface area contributed by atoms with Crippen LogP contribution in [0.15, 0.2) is 30.2 Å². The first kappa shape index (κ1) is 8.57.